The molecule has 2 amide bonds. The third-order valence-corrected chi connectivity index (χ3v) is 6.61. The van der Waals surface area contributed by atoms with Gasteiger partial charge in [0.25, 0.3) is 0 Å². The number of amides is 2. The van der Waals surface area contributed by atoms with Crippen molar-refractivity contribution in [1.82, 2.24) is 4.90 Å². The summed E-state index contributed by atoms with van der Waals surface area (Å²) >= 11 is 1.22. The topological polar surface area (TPSA) is 71.0 Å². The molecular formula is C24H25F2N3O3S. The van der Waals surface area contributed by atoms with Crippen molar-refractivity contribution in [3.05, 3.63) is 59.2 Å². The number of aliphatic imine (C=N–C) groups is 1. The molecule has 0 bridgehead atoms. The minimum Gasteiger partial charge on any atom is -0.376 e. The van der Waals surface area contributed by atoms with Gasteiger partial charge in [0.05, 0.1) is 24.0 Å². The van der Waals surface area contributed by atoms with Crippen LogP contribution in [0.3, 0.4) is 0 Å². The molecule has 2 aliphatic rings. The number of amidine groups is 1. The van der Waals surface area contributed by atoms with Crippen molar-refractivity contribution in [2.24, 2.45) is 4.99 Å². The summed E-state index contributed by atoms with van der Waals surface area (Å²) in [7, 11) is 0. The zero-order valence-corrected chi connectivity index (χ0v) is 19.3. The van der Waals surface area contributed by atoms with Crippen LogP contribution in [0.4, 0.5) is 20.2 Å². The molecule has 2 heterocycles. The van der Waals surface area contributed by atoms with E-state index < -0.39 is 22.8 Å². The van der Waals surface area contributed by atoms with Gasteiger partial charge >= 0.3 is 0 Å². The second kappa shape index (κ2) is 10.0. The molecule has 0 spiro atoms. The van der Waals surface area contributed by atoms with Gasteiger partial charge in [-0.05, 0) is 62.1 Å². The van der Waals surface area contributed by atoms with E-state index in [0.717, 1.165) is 41.8 Å². The van der Waals surface area contributed by atoms with E-state index in [9.17, 15) is 18.4 Å². The van der Waals surface area contributed by atoms with E-state index in [-0.39, 0.29) is 24.1 Å². The summed E-state index contributed by atoms with van der Waals surface area (Å²) in [5.41, 5.74) is 2.73. The van der Waals surface area contributed by atoms with E-state index in [1.54, 1.807) is 4.90 Å². The summed E-state index contributed by atoms with van der Waals surface area (Å²) in [4.78, 5) is 32.0. The fourth-order valence-electron chi connectivity index (χ4n) is 3.97. The second-order valence-corrected chi connectivity index (χ2v) is 9.48. The molecule has 4 rings (SSSR count). The fraction of sp³-hybridized carbons (Fsp3) is 0.375. The highest BCUT2D eigenvalue weighted by molar-refractivity contribution is 8.15. The molecule has 0 aliphatic carbocycles. The van der Waals surface area contributed by atoms with Gasteiger partial charge in [0, 0.05) is 19.1 Å². The van der Waals surface area contributed by atoms with Gasteiger partial charge in [0.15, 0.2) is 5.17 Å². The average Bonchev–Trinajstić information content (AvgIpc) is 3.34. The van der Waals surface area contributed by atoms with Crippen LogP contribution in [-0.2, 0) is 14.3 Å². The molecule has 2 atom stereocenters. The first kappa shape index (κ1) is 23.4. The molecule has 0 radical (unpaired) electrons. The molecule has 1 N–H and O–H groups in total. The smallest absolute Gasteiger partial charge is 0.242 e. The highest BCUT2D eigenvalue weighted by atomic mass is 32.2. The van der Waals surface area contributed by atoms with E-state index in [4.69, 9.17) is 9.73 Å². The number of anilines is 1. The first-order valence-electron chi connectivity index (χ1n) is 10.8. The maximum atomic E-state index is 13.9. The Hall–Kier alpha value is -2.78. The number of hydrogen-bond donors (Lipinski definition) is 1. The zero-order chi connectivity index (χ0) is 23.5. The van der Waals surface area contributed by atoms with Crippen molar-refractivity contribution in [1.29, 1.82) is 0 Å². The molecule has 0 saturated carbocycles. The zero-order valence-electron chi connectivity index (χ0n) is 18.4. The monoisotopic (exact) mass is 473 g/mol. The number of thioether (sulfide) groups is 1. The summed E-state index contributed by atoms with van der Waals surface area (Å²) in [6, 6.07) is 8.83. The third kappa shape index (κ3) is 5.78. The summed E-state index contributed by atoms with van der Waals surface area (Å²) in [6.07, 6.45) is 1.58. The number of nitrogens with one attached hydrogen (secondary N) is 1. The van der Waals surface area contributed by atoms with E-state index in [2.05, 4.69) is 5.32 Å². The Labute approximate surface area is 195 Å². The maximum Gasteiger partial charge on any atom is 0.242 e. The maximum absolute atomic E-state index is 13.9. The summed E-state index contributed by atoms with van der Waals surface area (Å²) in [5, 5.41) is 2.25. The van der Waals surface area contributed by atoms with Gasteiger partial charge in [0.2, 0.25) is 11.8 Å². The third-order valence-electron chi connectivity index (χ3n) is 5.44. The molecule has 2 aromatic rings. The highest BCUT2D eigenvalue weighted by Crippen LogP contribution is 2.33. The first-order chi connectivity index (χ1) is 15.8. The molecule has 2 aliphatic heterocycles. The number of aryl methyl sites for hydroxylation is 2. The highest BCUT2D eigenvalue weighted by Gasteiger charge is 2.40. The minimum atomic E-state index is -0.870. The Morgan fingerprint density at radius 1 is 1.21 bits per heavy atom. The predicted molar refractivity (Wildman–Crippen MR) is 125 cm³/mol. The number of halogens is 2. The Bertz CT molecular complexity index is 1080. The normalized spacial score (nSPS) is 21.8. The summed E-state index contributed by atoms with van der Waals surface area (Å²) < 4.78 is 32.7. The molecule has 9 heteroatoms. The predicted octanol–water partition coefficient (Wildman–Crippen LogP) is 4.72. The van der Waals surface area contributed by atoms with Crippen LogP contribution >= 0.6 is 11.8 Å². The summed E-state index contributed by atoms with van der Waals surface area (Å²) in [5.74, 6) is -2.36. The molecule has 6 nitrogen and oxygen atoms in total. The van der Waals surface area contributed by atoms with Gasteiger partial charge < -0.3 is 10.1 Å². The first-order valence-corrected chi connectivity index (χ1v) is 11.7. The fourth-order valence-corrected chi connectivity index (χ4v) is 5.14. The molecule has 174 valence electrons. The lowest BCUT2D eigenvalue weighted by atomic mass is 10.1. The van der Waals surface area contributed by atoms with E-state index in [1.165, 1.54) is 11.8 Å². The lowest BCUT2D eigenvalue weighted by Gasteiger charge is -2.20. The van der Waals surface area contributed by atoms with Gasteiger partial charge in [-0.3, -0.25) is 14.5 Å². The Morgan fingerprint density at radius 3 is 2.64 bits per heavy atom. The average molecular weight is 474 g/mol. The van der Waals surface area contributed by atoms with Crippen LogP contribution in [0.5, 0.6) is 0 Å². The number of carbonyl (C=O) groups excluding carboxylic acids is 2. The molecular weight excluding hydrogens is 448 g/mol. The quantitative estimate of drug-likeness (QED) is 0.659. The van der Waals surface area contributed by atoms with Gasteiger partial charge in [-0.15, -0.1) is 0 Å². The Morgan fingerprint density at radius 2 is 1.97 bits per heavy atom. The van der Waals surface area contributed by atoms with Crippen LogP contribution in [0.15, 0.2) is 41.4 Å². The van der Waals surface area contributed by atoms with Crippen LogP contribution in [0.25, 0.3) is 0 Å². The number of nitrogens with zero attached hydrogens (tertiary/aromatic N) is 2. The number of rotatable bonds is 6. The van der Waals surface area contributed by atoms with Gasteiger partial charge in [0.1, 0.15) is 16.9 Å². The van der Waals surface area contributed by atoms with Crippen LogP contribution < -0.4 is 5.32 Å². The number of benzene rings is 2. The van der Waals surface area contributed by atoms with E-state index in [0.29, 0.717) is 24.4 Å². The second-order valence-electron chi connectivity index (χ2n) is 8.31. The molecule has 2 unspecified atom stereocenters. The lowest BCUT2D eigenvalue weighted by molar-refractivity contribution is -0.129. The van der Waals surface area contributed by atoms with Crippen molar-refractivity contribution in [2.75, 3.05) is 18.5 Å². The van der Waals surface area contributed by atoms with Crippen LogP contribution in [0.2, 0.25) is 0 Å². The minimum absolute atomic E-state index is 0.0696. The van der Waals surface area contributed by atoms with Crippen LogP contribution in [0.1, 0.15) is 30.4 Å². The standard InChI is InChI=1S/C24H25F2N3O3S/c1-14-8-15(2)10-17(9-14)27-24-29(13-18-4-3-7-32-18)23(31)21(33-24)12-22(30)28-20-6-5-16(25)11-19(20)26/h5-6,8-11,18,21H,3-4,7,12-13H2,1-2H3,(H,28,30). The van der Waals surface area contributed by atoms with Crippen molar-refractivity contribution in [3.63, 3.8) is 0 Å². The Balaban J connectivity index is 1.52. The van der Waals surface area contributed by atoms with Crippen molar-refractivity contribution in [3.8, 4) is 0 Å². The van der Waals surface area contributed by atoms with Crippen LogP contribution in [-0.4, -0.2) is 46.4 Å². The number of ether oxygens (including phenoxy) is 1. The van der Waals surface area contributed by atoms with Crippen LogP contribution in [0, 0.1) is 25.5 Å². The van der Waals surface area contributed by atoms with Gasteiger partial charge in [-0.1, -0.05) is 17.8 Å². The molecule has 2 saturated heterocycles. The van der Waals surface area contributed by atoms with Crippen molar-refractivity contribution >= 4 is 40.1 Å². The van der Waals surface area contributed by atoms with Crippen molar-refractivity contribution < 1.29 is 23.1 Å². The molecule has 0 aromatic heterocycles. The van der Waals surface area contributed by atoms with Crippen molar-refractivity contribution in [2.45, 2.75) is 44.5 Å². The van der Waals surface area contributed by atoms with E-state index in [1.807, 2.05) is 32.0 Å². The largest absolute Gasteiger partial charge is 0.376 e. The molecule has 2 aromatic carbocycles. The SMILES string of the molecule is Cc1cc(C)cc(N=C2SC(CC(=O)Nc3ccc(F)cc3F)C(=O)N2CC2CCCO2)c1. The van der Waals surface area contributed by atoms with Gasteiger partial charge in [-0.25, -0.2) is 13.8 Å². The molecule has 33 heavy (non-hydrogen) atoms. The Kier molecular flexibility index (Phi) is 7.09. The number of carbonyl (C=O) groups is 2. The number of hydrogen-bond acceptors (Lipinski definition) is 5. The summed E-state index contributed by atoms with van der Waals surface area (Å²) in [6.45, 7) is 5.00. The van der Waals surface area contributed by atoms with E-state index >= 15 is 0 Å². The van der Waals surface area contributed by atoms with Gasteiger partial charge in [-0.2, -0.15) is 0 Å². The molecule has 2 fully saturated rings. The lowest BCUT2D eigenvalue weighted by Crippen LogP contribution is -2.38.